The number of amides is 2. The number of anilines is 2. The molecule has 1 heterocycles. The van der Waals surface area contributed by atoms with Gasteiger partial charge < -0.3 is 19.9 Å². The molecule has 0 bridgehead atoms. The quantitative estimate of drug-likeness (QED) is 0.259. The molecule has 0 atom stereocenters. The van der Waals surface area contributed by atoms with Crippen molar-refractivity contribution in [3.63, 3.8) is 0 Å². The van der Waals surface area contributed by atoms with Crippen LogP contribution in [0.3, 0.4) is 0 Å². The molecular weight excluding hydrogens is 556 g/mol. The molecule has 4 aromatic carbocycles. The molecule has 1 aliphatic rings. The van der Waals surface area contributed by atoms with Crippen molar-refractivity contribution < 1.29 is 14.3 Å². The molecule has 1 aliphatic heterocycles. The second-order valence-electron chi connectivity index (χ2n) is 9.51. The topological polar surface area (TPSA) is 73.9 Å². The third kappa shape index (κ3) is 7.42. The van der Waals surface area contributed by atoms with E-state index in [9.17, 15) is 9.59 Å². The number of halogens is 1. The highest BCUT2D eigenvalue weighted by molar-refractivity contribution is 7.80. The zero-order chi connectivity index (χ0) is 28.6. The van der Waals surface area contributed by atoms with Gasteiger partial charge in [0, 0.05) is 42.3 Å². The van der Waals surface area contributed by atoms with Gasteiger partial charge in [0.05, 0.1) is 11.4 Å². The first-order valence-corrected chi connectivity index (χ1v) is 14.0. The van der Waals surface area contributed by atoms with E-state index in [1.807, 2.05) is 59.5 Å². The SMILES string of the molecule is O=C(NC(=S)Nc1ccccc1N1CCN(C(=O)c2ccc(Cl)cc2)CC1)c1ccc(OCc2ccccc2)cc1. The third-order valence-electron chi connectivity index (χ3n) is 6.74. The number of nitrogens with zero attached hydrogens (tertiary/aromatic N) is 2. The van der Waals surface area contributed by atoms with Gasteiger partial charge in [-0.2, -0.15) is 0 Å². The zero-order valence-corrected chi connectivity index (χ0v) is 23.8. The van der Waals surface area contributed by atoms with Crippen LogP contribution in [0.2, 0.25) is 5.02 Å². The van der Waals surface area contributed by atoms with Gasteiger partial charge in [0.1, 0.15) is 12.4 Å². The van der Waals surface area contributed by atoms with Crippen molar-refractivity contribution in [2.45, 2.75) is 6.61 Å². The predicted molar refractivity (Wildman–Crippen MR) is 167 cm³/mol. The molecule has 0 unspecified atom stereocenters. The molecular formula is C32H29ClN4O3S. The number of hydrogen-bond donors (Lipinski definition) is 2. The Balaban J connectivity index is 1.14. The summed E-state index contributed by atoms with van der Waals surface area (Å²) >= 11 is 11.4. The van der Waals surface area contributed by atoms with Crippen molar-refractivity contribution in [3.8, 4) is 5.75 Å². The summed E-state index contributed by atoms with van der Waals surface area (Å²) in [5.41, 5.74) is 3.89. The number of ether oxygens (including phenoxy) is 1. The first-order chi connectivity index (χ1) is 20.0. The lowest BCUT2D eigenvalue weighted by atomic mass is 10.1. The number of carbonyl (C=O) groups excluding carboxylic acids is 2. The number of nitrogens with one attached hydrogen (secondary N) is 2. The van der Waals surface area contributed by atoms with Crippen molar-refractivity contribution in [2.24, 2.45) is 0 Å². The van der Waals surface area contributed by atoms with Gasteiger partial charge in [-0.05, 0) is 78.4 Å². The number of benzene rings is 4. The first-order valence-electron chi connectivity index (χ1n) is 13.2. The highest BCUT2D eigenvalue weighted by Gasteiger charge is 2.24. The van der Waals surface area contributed by atoms with E-state index in [4.69, 9.17) is 28.6 Å². The second kappa shape index (κ2) is 13.3. The average molecular weight is 585 g/mol. The van der Waals surface area contributed by atoms with Gasteiger partial charge in [0.15, 0.2) is 5.11 Å². The Morgan fingerprint density at radius 1 is 0.780 bits per heavy atom. The molecule has 0 aliphatic carbocycles. The number of hydrogen-bond acceptors (Lipinski definition) is 5. The summed E-state index contributed by atoms with van der Waals surface area (Å²) in [5.74, 6) is 0.353. The van der Waals surface area contributed by atoms with E-state index in [2.05, 4.69) is 15.5 Å². The number of rotatable bonds is 7. The Hall–Kier alpha value is -4.40. The van der Waals surface area contributed by atoms with Crippen LogP contribution in [0.4, 0.5) is 11.4 Å². The fourth-order valence-corrected chi connectivity index (χ4v) is 4.88. The lowest BCUT2D eigenvalue weighted by Crippen LogP contribution is -2.49. The van der Waals surface area contributed by atoms with E-state index in [1.165, 1.54) is 0 Å². The van der Waals surface area contributed by atoms with Crippen LogP contribution in [0.5, 0.6) is 5.75 Å². The van der Waals surface area contributed by atoms with E-state index in [0.29, 0.717) is 54.7 Å². The van der Waals surface area contributed by atoms with Crippen molar-refractivity contribution in [1.29, 1.82) is 0 Å². The van der Waals surface area contributed by atoms with Crippen LogP contribution in [0.15, 0.2) is 103 Å². The smallest absolute Gasteiger partial charge is 0.257 e. The molecule has 0 radical (unpaired) electrons. The maximum Gasteiger partial charge on any atom is 0.257 e. The Kier molecular flexibility index (Phi) is 9.13. The van der Waals surface area contributed by atoms with Crippen LogP contribution < -0.4 is 20.3 Å². The average Bonchev–Trinajstić information content (AvgIpc) is 3.01. The molecule has 1 fully saturated rings. The molecule has 0 spiro atoms. The van der Waals surface area contributed by atoms with Crippen LogP contribution >= 0.6 is 23.8 Å². The Morgan fingerprint density at radius 2 is 1.41 bits per heavy atom. The van der Waals surface area contributed by atoms with Gasteiger partial charge >= 0.3 is 0 Å². The van der Waals surface area contributed by atoms with Crippen LogP contribution in [0, 0.1) is 0 Å². The maximum absolute atomic E-state index is 12.9. The second-order valence-corrected chi connectivity index (χ2v) is 10.4. The molecule has 1 saturated heterocycles. The van der Waals surface area contributed by atoms with E-state index in [1.54, 1.807) is 48.5 Å². The molecule has 9 heteroatoms. The third-order valence-corrected chi connectivity index (χ3v) is 7.20. The molecule has 5 rings (SSSR count). The van der Waals surface area contributed by atoms with Gasteiger partial charge in [0.25, 0.3) is 11.8 Å². The maximum atomic E-state index is 12.9. The minimum absolute atomic E-state index is 0.00703. The molecule has 2 amide bonds. The van der Waals surface area contributed by atoms with Gasteiger partial charge in [-0.15, -0.1) is 0 Å². The minimum atomic E-state index is -0.316. The summed E-state index contributed by atoms with van der Waals surface area (Å²) in [4.78, 5) is 29.8. The summed E-state index contributed by atoms with van der Waals surface area (Å²) in [6.45, 7) is 2.95. The lowest BCUT2D eigenvalue weighted by Gasteiger charge is -2.37. The Labute approximate surface area is 249 Å². The van der Waals surface area contributed by atoms with Crippen LogP contribution in [-0.2, 0) is 6.61 Å². The predicted octanol–water partition coefficient (Wildman–Crippen LogP) is 6.01. The zero-order valence-electron chi connectivity index (χ0n) is 22.3. The summed E-state index contributed by atoms with van der Waals surface area (Å²) < 4.78 is 5.80. The van der Waals surface area contributed by atoms with E-state index in [-0.39, 0.29) is 16.9 Å². The summed E-state index contributed by atoms with van der Waals surface area (Å²) in [7, 11) is 0. The molecule has 4 aromatic rings. The van der Waals surface area contributed by atoms with Crippen LogP contribution in [-0.4, -0.2) is 48.0 Å². The van der Waals surface area contributed by atoms with Gasteiger partial charge in [-0.25, -0.2) is 0 Å². The van der Waals surface area contributed by atoms with E-state index < -0.39 is 0 Å². The number of piperazine rings is 1. The van der Waals surface area contributed by atoms with Crippen molar-refractivity contribution in [1.82, 2.24) is 10.2 Å². The normalized spacial score (nSPS) is 12.9. The highest BCUT2D eigenvalue weighted by Crippen LogP contribution is 2.27. The fourth-order valence-electron chi connectivity index (χ4n) is 4.55. The van der Waals surface area contributed by atoms with Gasteiger partial charge in [0.2, 0.25) is 0 Å². The summed E-state index contributed by atoms with van der Waals surface area (Å²) in [6, 6.07) is 31.6. The Bertz CT molecular complexity index is 1510. The molecule has 7 nitrogen and oxygen atoms in total. The number of carbonyl (C=O) groups is 2. The van der Waals surface area contributed by atoms with Crippen LogP contribution in [0.25, 0.3) is 0 Å². The van der Waals surface area contributed by atoms with Gasteiger partial charge in [-0.1, -0.05) is 54.1 Å². The fraction of sp³-hybridized carbons (Fsp3) is 0.156. The van der Waals surface area contributed by atoms with Crippen LogP contribution in [0.1, 0.15) is 26.3 Å². The largest absolute Gasteiger partial charge is 0.489 e. The summed E-state index contributed by atoms with van der Waals surface area (Å²) in [6.07, 6.45) is 0. The standard InChI is InChI=1S/C32H29ClN4O3S/c33-26-14-10-25(11-15-26)31(39)37-20-18-36(19-21-37)29-9-5-4-8-28(29)34-32(41)35-30(38)24-12-16-27(17-13-24)40-22-23-6-2-1-3-7-23/h1-17H,18-22H2,(H2,34,35,38,41). The molecule has 0 saturated carbocycles. The number of thiocarbonyl (C=S) groups is 1. The lowest BCUT2D eigenvalue weighted by molar-refractivity contribution is 0.0746. The van der Waals surface area contributed by atoms with E-state index >= 15 is 0 Å². The summed E-state index contributed by atoms with van der Waals surface area (Å²) in [5, 5.41) is 6.72. The monoisotopic (exact) mass is 584 g/mol. The molecule has 0 aromatic heterocycles. The van der Waals surface area contributed by atoms with Gasteiger partial charge in [-0.3, -0.25) is 14.9 Å². The molecule has 208 valence electrons. The van der Waals surface area contributed by atoms with Crippen molar-refractivity contribution in [2.75, 3.05) is 36.4 Å². The van der Waals surface area contributed by atoms with Crippen molar-refractivity contribution >= 4 is 52.1 Å². The highest BCUT2D eigenvalue weighted by atomic mass is 35.5. The minimum Gasteiger partial charge on any atom is -0.489 e. The van der Waals surface area contributed by atoms with E-state index in [0.717, 1.165) is 16.9 Å². The van der Waals surface area contributed by atoms with Crippen molar-refractivity contribution in [3.05, 3.63) is 125 Å². The molecule has 2 N–H and O–H groups in total. The first kappa shape index (κ1) is 28.1. The number of para-hydroxylation sites is 2. The Morgan fingerprint density at radius 3 is 2.12 bits per heavy atom. The molecule has 41 heavy (non-hydrogen) atoms.